The van der Waals surface area contributed by atoms with Crippen molar-refractivity contribution in [3.63, 3.8) is 0 Å². The standard InChI is InChI=1S/C13H27N/c1-11-5-7-13(8-6-11,9-10-14)12(2,3)4/h11H,5-10,14H2,1-4H3. The summed E-state index contributed by atoms with van der Waals surface area (Å²) in [6, 6.07) is 0. The topological polar surface area (TPSA) is 26.0 Å². The van der Waals surface area contributed by atoms with Gasteiger partial charge in [0, 0.05) is 0 Å². The molecule has 0 heterocycles. The molecule has 0 saturated heterocycles. The molecule has 0 radical (unpaired) electrons. The van der Waals surface area contributed by atoms with Gasteiger partial charge in [0.1, 0.15) is 0 Å². The van der Waals surface area contributed by atoms with E-state index in [-0.39, 0.29) is 0 Å². The van der Waals surface area contributed by atoms with Crippen LogP contribution >= 0.6 is 0 Å². The second kappa shape index (κ2) is 4.22. The molecule has 0 amide bonds. The molecular formula is C13H27N. The molecule has 84 valence electrons. The van der Waals surface area contributed by atoms with Gasteiger partial charge in [-0.15, -0.1) is 0 Å². The Morgan fingerprint density at radius 2 is 1.71 bits per heavy atom. The summed E-state index contributed by atoms with van der Waals surface area (Å²) >= 11 is 0. The quantitative estimate of drug-likeness (QED) is 0.719. The maximum atomic E-state index is 5.78. The van der Waals surface area contributed by atoms with E-state index in [0.29, 0.717) is 10.8 Å². The second-order valence-corrected chi connectivity index (χ2v) is 6.25. The van der Waals surface area contributed by atoms with E-state index in [1.165, 1.54) is 32.1 Å². The van der Waals surface area contributed by atoms with Crippen LogP contribution in [-0.2, 0) is 0 Å². The van der Waals surface area contributed by atoms with Crippen molar-refractivity contribution in [1.82, 2.24) is 0 Å². The first-order valence-electron chi connectivity index (χ1n) is 6.11. The van der Waals surface area contributed by atoms with Gasteiger partial charge in [0.05, 0.1) is 0 Å². The van der Waals surface area contributed by atoms with Crippen molar-refractivity contribution in [2.24, 2.45) is 22.5 Å². The molecule has 0 bridgehead atoms. The normalized spacial score (nSPS) is 34.5. The Bertz CT molecular complexity index is 170. The van der Waals surface area contributed by atoms with Crippen molar-refractivity contribution in [2.45, 2.75) is 59.8 Å². The molecule has 1 fully saturated rings. The summed E-state index contributed by atoms with van der Waals surface area (Å²) in [5, 5.41) is 0. The summed E-state index contributed by atoms with van der Waals surface area (Å²) in [5.41, 5.74) is 6.72. The van der Waals surface area contributed by atoms with E-state index in [1.54, 1.807) is 0 Å². The third kappa shape index (κ3) is 2.31. The highest BCUT2D eigenvalue weighted by atomic mass is 14.6. The fraction of sp³-hybridized carbons (Fsp3) is 1.00. The molecule has 0 atom stereocenters. The first-order chi connectivity index (χ1) is 6.41. The fourth-order valence-corrected chi connectivity index (χ4v) is 2.97. The SMILES string of the molecule is CC1CCC(CCN)(C(C)(C)C)CC1. The molecule has 14 heavy (non-hydrogen) atoms. The molecule has 0 aromatic carbocycles. The van der Waals surface area contributed by atoms with Gasteiger partial charge in [-0.1, -0.05) is 40.5 Å². The minimum absolute atomic E-state index is 0.423. The number of hydrogen-bond acceptors (Lipinski definition) is 1. The van der Waals surface area contributed by atoms with Crippen LogP contribution in [-0.4, -0.2) is 6.54 Å². The van der Waals surface area contributed by atoms with E-state index in [9.17, 15) is 0 Å². The van der Waals surface area contributed by atoms with Gasteiger partial charge in [-0.05, 0) is 42.6 Å². The molecule has 1 heteroatoms. The Kier molecular flexibility index (Phi) is 3.63. The predicted molar refractivity (Wildman–Crippen MR) is 63.2 cm³/mol. The van der Waals surface area contributed by atoms with E-state index in [4.69, 9.17) is 5.73 Å². The lowest BCUT2D eigenvalue weighted by atomic mass is 9.56. The Morgan fingerprint density at radius 1 is 1.21 bits per heavy atom. The van der Waals surface area contributed by atoms with Gasteiger partial charge in [0.25, 0.3) is 0 Å². The van der Waals surface area contributed by atoms with Crippen LogP contribution in [0.15, 0.2) is 0 Å². The van der Waals surface area contributed by atoms with Gasteiger partial charge in [-0.25, -0.2) is 0 Å². The van der Waals surface area contributed by atoms with Crippen molar-refractivity contribution < 1.29 is 0 Å². The van der Waals surface area contributed by atoms with Gasteiger partial charge in [-0.2, -0.15) is 0 Å². The Balaban J connectivity index is 2.73. The number of nitrogens with two attached hydrogens (primary N) is 1. The van der Waals surface area contributed by atoms with Gasteiger partial charge < -0.3 is 5.73 Å². The Hall–Kier alpha value is -0.0400. The van der Waals surface area contributed by atoms with E-state index >= 15 is 0 Å². The minimum atomic E-state index is 0.423. The molecule has 1 aliphatic rings. The van der Waals surface area contributed by atoms with Crippen molar-refractivity contribution >= 4 is 0 Å². The highest BCUT2D eigenvalue weighted by molar-refractivity contribution is 4.93. The third-order valence-electron chi connectivity index (χ3n) is 4.45. The van der Waals surface area contributed by atoms with Crippen molar-refractivity contribution in [3.8, 4) is 0 Å². The van der Waals surface area contributed by atoms with Crippen LogP contribution in [0.3, 0.4) is 0 Å². The molecule has 0 unspecified atom stereocenters. The van der Waals surface area contributed by atoms with Gasteiger partial charge >= 0.3 is 0 Å². The predicted octanol–water partition coefficient (Wildman–Crippen LogP) is 3.58. The molecule has 2 N–H and O–H groups in total. The van der Waals surface area contributed by atoms with Gasteiger partial charge in [0.2, 0.25) is 0 Å². The van der Waals surface area contributed by atoms with Crippen LogP contribution in [0.1, 0.15) is 59.8 Å². The average Bonchev–Trinajstić information content (AvgIpc) is 2.07. The minimum Gasteiger partial charge on any atom is -0.330 e. The average molecular weight is 197 g/mol. The zero-order valence-electron chi connectivity index (χ0n) is 10.4. The van der Waals surface area contributed by atoms with Crippen LogP contribution in [0.5, 0.6) is 0 Å². The molecule has 1 nitrogen and oxygen atoms in total. The van der Waals surface area contributed by atoms with Crippen LogP contribution in [0.25, 0.3) is 0 Å². The van der Waals surface area contributed by atoms with E-state index in [0.717, 1.165) is 12.5 Å². The summed E-state index contributed by atoms with van der Waals surface area (Å²) in [4.78, 5) is 0. The first-order valence-corrected chi connectivity index (χ1v) is 6.11. The molecular weight excluding hydrogens is 170 g/mol. The van der Waals surface area contributed by atoms with Crippen LogP contribution < -0.4 is 5.73 Å². The maximum Gasteiger partial charge on any atom is -0.00718 e. The van der Waals surface area contributed by atoms with Crippen LogP contribution in [0.2, 0.25) is 0 Å². The molecule has 0 aliphatic heterocycles. The van der Waals surface area contributed by atoms with Crippen LogP contribution in [0.4, 0.5) is 0 Å². The molecule has 0 spiro atoms. The van der Waals surface area contributed by atoms with Crippen molar-refractivity contribution in [2.75, 3.05) is 6.54 Å². The number of hydrogen-bond donors (Lipinski definition) is 1. The van der Waals surface area contributed by atoms with Gasteiger partial charge in [0.15, 0.2) is 0 Å². The van der Waals surface area contributed by atoms with E-state index in [1.807, 2.05) is 0 Å². The summed E-state index contributed by atoms with van der Waals surface area (Å²) in [6.07, 6.45) is 6.78. The zero-order valence-corrected chi connectivity index (χ0v) is 10.4. The Morgan fingerprint density at radius 3 is 2.07 bits per heavy atom. The molecule has 0 aromatic heterocycles. The zero-order chi connectivity index (χ0) is 10.8. The van der Waals surface area contributed by atoms with Crippen molar-refractivity contribution in [3.05, 3.63) is 0 Å². The molecule has 0 aromatic rings. The highest BCUT2D eigenvalue weighted by Gasteiger charge is 2.42. The maximum absolute atomic E-state index is 5.78. The summed E-state index contributed by atoms with van der Waals surface area (Å²) in [5.74, 6) is 0.934. The first kappa shape index (κ1) is 12.0. The highest BCUT2D eigenvalue weighted by Crippen LogP contribution is 2.52. The van der Waals surface area contributed by atoms with Crippen molar-refractivity contribution in [1.29, 1.82) is 0 Å². The molecule has 1 saturated carbocycles. The lowest BCUT2D eigenvalue weighted by Crippen LogP contribution is -2.40. The monoisotopic (exact) mass is 197 g/mol. The summed E-state index contributed by atoms with van der Waals surface area (Å²) in [7, 11) is 0. The molecule has 1 rings (SSSR count). The van der Waals surface area contributed by atoms with Gasteiger partial charge in [-0.3, -0.25) is 0 Å². The second-order valence-electron chi connectivity index (χ2n) is 6.25. The lowest BCUT2D eigenvalue weighted by Gasteiger charge is -2.49. The van der Waals surface area contributed by atoms with E-state index in [2.05, 4.69) is 27.7 Å². The summed E-state index contributed by atoms with van der Waals surface area (Å²) < 4.78 is 0. The van der Waals surface area contributed by atoms with E-state index < -0.39 is 0 Å². The third-order valence-corrected chi connectivity index (χ3v) is 4.45. The smallest absolute Gasteiger partial charge is 0.00718 e. The van der Waals surface area contributed by atoms with Crippen LogP contribution in [0, 0.1) is 16.7 Å². The number of rotatable bonds is 2. The fourth-order valence-electron chi connectivity index (χ4n) is 2.97. The largest absolute Gasteiger partial charge is 0.330 e. The molecule has 1 aliphatic carbocycles. The lowest BCUT2D eigenvalue weighted by molar-refractivity contribution is 0.0184. The Labute approximate surface area is 89.5 Å². The summed E-state index contributed by atoms with van der Waals surface area (Å²) in [6.45, 7) is 10.4.